The van der Waals surface area contributed by atoms with Crippen LogP contribution in [-0.4, -0.2) is 44.0 Å². The third-order valence-electron chi connectivity index (χ3n) is 5.88. The zero-order chi connectivity index (χ0) is 21.1. The van der Waals surface area contributed by atoms with Crippen molar-refractivity contribution in [3.05, 3.63) is 54.6 Å². The Kier molecular flexibility index (Phi) is 5.81. The summed E-state index contributed by atoms with van der Waals surface area (Å²) < 4.78 is 10.6. The Morgan fingerprint density at radius 1 is 0.967 bits per heavy atom. The first-order chi connectivity index (χ1) is 14.6. The van der Waals surface area contributed by atoms with E-state index in [9.17, 15) is 14.4 Å². The molecule has 0 saturated carbocycles. The molecule has 30 heavy (non-hydrogen) atoms. The van der Waals surface area contributed by atoms with Gasteiger partial charge in [-0.3, -0.25) is 14.4 Å². The van der Waals surface area contributed by atoms with Crippen molar-refractivity contribution < 1.29 is 28.8 Å². The molecule has 0 unspecified atom stereocenters. The predicted octanol–water partition coefficient (Wildman–Crippen LogP) is 1.58. The SMILES string of the molecule is COC(=O)C1CC[NH+]([C@@H]2CC(=O)N(c3ccc(Oc4ccccc4)cc3)C2=O)CC1. The van der Waals surface area contributed by atoms with Gasteiger partial charge in [-0.1, -0.05) is 18.2 Å². The van der Waals surface area contributed by atoms with E-state index in [0.29, 0.717) is 37.4 Å². The second kappa shape index (κ2) is 8.67. The van der Waals surface area contributed by atoms with Crippen molar-refractivity contribution in [2.24, 2.45) is 5.92 Å². The smallest absolute Gasteiger partial charge is 0.309 e. The van der Waals surface area contributed by atoms with Gasteiger partial charge >= 0.3 is 5.97 Å². The minimum absolute atomic E-state index is 0.112. The van der Waals surface area contributed by atoms with Crippen molar-refractivity contribution in [2.75, 3.05) is 25.1 Å². The van der Waals surface area contributed by atoms with Gasteiger partial charge < -0.3 is 14.4 Å². The molecule has 7 nitrogen and oxygen atoms in total. The summed E-state index contributed by atoms with van der Waals surface area (Å²) in [6.45, 7) is 1.36. The van der Waals surface area contributed by atoms with Crippen molar-refractivity contribution in [3.8, 4) is 11.5 Å². The van der Waals surface area contributed by atoms with Gasteiger partial charge in [0.2, 0.25) is 5.91 Å². The van der Waals surface area contributed by atoms with Gasteiger partial charge in [-0.25, -0.2) is 4.90 Å². The van der Waals surface area contributed by atoms with Crippen LogP contribution in [0.5, 0.6) is 11.5 Å². The number of anilines is 1. The number of nitrogens with one attached hydrogen (secondary N) is 1. The van der Waals surface area contributed by atoms with Gasteiger partial charge in [-0.05, 0) is 36.4 Å². The van der Waals surface area contributed by atoms with Crippen LogP contribution < -0.4 is 14.5 Å². The number of methoxy groups -OCH3 is 1. The van der Waals surface area contributed by atoms with Gasteiger partial charge in [0.15, 0.2) is 6.04 Å². The summed E-state index contributed by atoms with van der Waals surface area (Å²) in [6, 6.07) is 16.0. The third kappa shape index (κ3) is 4.07. The summed E-state index contributed by atoms with van der Waals surface area (Å²) in [5.74, 6) is 0.683. The van der Waals surface area contributed by atoms with E-state index in [2.05, 4.69) is 0 Å². The summed E-state index contributed by atoms with van der Waals surface area (Å²) in [5.41, 5.74) is 0.553. The highest BCUT2D eigenvalue weighted by Crippen LogP contribution is 2.27. The molecule has 1 N–H and O–H groups in total. The fraction of sp³-hybridized carbons (Fsp3) is 0.348. The van der Waals surface area contributed by atoms with Crippen molar-refractivity contribution in [3.63, 3.8) is 0 Å². The molecule has 0 spiro atoms. The number of benzene rings is 2. The molecule has 0 aliphatic carbocycles. The second-order valence-electron chi connectivity index (χ2n) is 7.69. The maximum Gasteiger partial charge on any atom is 0.309 e. The van der Waals surface area contributed by atoms with Crippen LogP contribution in [0.15, 0.2) is 54.6 Å². The number of amides is 2. The van der Waals surface area contributed by atoms with Crippen molar-refractivity contribution >= 4 is 23.5 Å². The van der Waals surface area contributed by atoms with Gasteiger partial charge in [0.25, 0.3) is 5.91 Å². The number of hydrogen-bond acceptors (Lipinski definition) is 5. The van der Waals surface area contributed by atoms with E-state index in [1.165, 1.54) is 12.0 Å². The number of quaternary nitrogens is 1. The molecule has 2 aromatic rings. The van der Waals surface area contributed by atoms with Crippen LogP contribution in [0.25, 0.3) is 0 Å². The molecule has 156 valence electrons. The Labute approximate surface area is 175 Å². The first-order valence-electron chi connectivity index (χ1n) is 10.2. The minimum atomic E-state index is -0.392. The van der Waals surface area contributed by atoms with E-state index in [-0.39, 0.29) is 30.1 Å². The summed E-state index contributed by atoms with van der Waals surface area (Å²) in [5, 5.41) is 0. The fourth-order valence-electron chi connectivity index (χ4n) is 4.25. The summed E-state index contributed by atoms with van der Waals surface area (Å²) in [7, 11) is 1.40. The molecule has 2 heterocycles. The molecule has 2 aliphatic rings. The third-order valence-corrected chi connectivity index (χ3v) is 5.88. The van der Waals surface area contributed by atoms with E-state index in [1.54, 1.807) is 24.3 Å². The lowest BCUT2D eigenvalue weighted by atomic mass is 9.95. The number of ether oxygens (including phenoxy) is 2. The van der Waals surface area contributed by atoms with E-state index < -0.39 is 6.04 Å². The molecule has 2 aliphatic heterocycles. The molecule has 7 heteroatoms. The largest absolute Gasteiger partial charge is 0.469 e. The number of esters is 1. The zero-order valence-electron chi connectivity index (χ0n) is 16.9. The van der Waals surface area contributed by atoms with Crippen LogP contribution in [-0.2, 0) is 19.1 Å². The summed E-state index contributed by atoms with van der Waals surface area (Å²) >= 11 is 0. The Morgan fingerprint density at radius 2 is 1.60 bits per heavy atom. The average Bonchev–Trinajstić information content (AvgIpc) is 3.08. The second-order valence-corrected chi connectivity index (χ2v) is 7.69. The molecule has 0 aromatic heterocycles. The van der Waals surface area contributed by atoms with Gasteiger partial charge in [0.1, 0.15) is 11.5 Å². The molecule has 0 radical (unpaired) electrons. The molecule has 2 fully saturated rings. The maximum atomic E-state index is 13.0. The highest BCUT2D eigenvalue weighted by Gasteiger charge is 2.47. The van der Waals surface area contributed by atoms with Gasteiger partial charge in [0, 0.05) is 12.8 Å². The highest BCUT2D eigenvalue weighted by atomic mass is 16.5. The number of nitrogens with zero attached hydrogens (tertiary/aromatic N) is 1. The van der Waals surface area contributed by atoms with Gasteiger partial charge in [0.05, 0.1) is 38.2 Å². The van der Waals surface area contributed by atoms with Crippen molar-refractivity contribution in [1.82, 2.24) is 0 Å². The quantitative estimate of drug-likeness (QED) is 0.599. The predicted molar refractivity (Wildman–Crippen MR) is 109 cm³/mol. The Balaban J connectivity index is 1.41. The van der Waals surface area contributed by atoms with Gasteiger partial charge in [-0.2, -0.15) is 0 Å². The number of likely N-dealkylation sites (tertiary alicyclic amines) is 1. The lowest BCUT2D eigenvalue weighted by Gasteiger charge is -2.30. The molecule has 1 atom stereocenters. The molecular formula is C23H25N2O5+. The van der Waals surface area contributed by atoms with Crippen LogP contribution in [0, 0.1) is 5.92 Å². The Bertz CT molecular complexity index is 920. The first kappa shape index (κ1) is 20.1. The molecule has 0 bridgehead atoms. The van der Waals surface area contributed by atoms with Crippen LogP contribution >= 0.6 is 0 Å². The Morgan fingerprint density at radius 3 is 2.23 bits per heavy atom. The maximum absolute atomic E-state index is 13.0. The molecular weight excluding hydrogens is 384 g/mol. The summed E-state index contributed by atoms with van der Waals surface area (Å²) in [6.07, 6.45) is 1.54. The van der Waals surface area contributed by atoms with Gasteiger partial charge in [-0.15, -0.1) is 0 Å². The molecule has 2 saturated heterocycles. The minimum Gasteiger partial charge on any atom is -0.469 e. The molecule has 2 aromatic carbocycles. The van der Waals surface area contributed by atoms with Crippen LogP contribution in [0.1, 0.15) is 19.3 Å². The number of carbonyl (C=O) groups excluding carboxylic acids is 3. The van der Waals surface area contributed by atoms with Crippen LogP contribution in [0.2, 0.25) is 0 Å². The molecule has 2 amide bonds. The number of rotatable bonds is 5. The lowest BCUT2D eigenvalue weighted by molar-refractivity contribution is -0.920. The lowest BCUT2D eigenvalue weighted by Crippen LogP contribution is -3.17. The van der Waals surface area contributed by atoms with E-state index in [4.69, 9.17) is 9.47 Å². The van der Waals surface area contributed by atoms with Crippen molar-refractivity contribution in [2.45, 2.75) is 25.3 Å². The molecule has 4 rings (SSSR count). The number of carbonyl (C=O) groups is 3. The first-order valence-corrected chi connectivity index (χ1v) is 10.2. The fourth-order valence-corrected chi connectivity index (χ4v) is 4.25. The Hall–Kier alpha value is -3.19. The van der Waals surface area contributed by atoms with E-state index in [0.717, 1.165) is 10.6 Å². The highest BCUT2D eigenvalue weighted by molar-refractivity contribution is 6.21. The number of para-hydroxylation sites is 1. The number of piperidine rings is 1. The zero-order valence-corrected chi connectivity index (χ0v) is 16.9. The monoisotopic (exact) mass is 409 g/mol. The topological polar surface area (TPSA) is 77.3 Å². The average molecular weight is 409 g/mol. The van der Waals surface area contributed by atoms with Crippen LogP contribution in [0.3, 0.4) is 0 Å². The summed E-state index contributed by atoms with van der Waals surface area (Å²) in [4.78, 5) is 39.7. The number of hydrogen-bond donors (Lipinski definition) is 1. The van der Waals surface area contributed by atoms with Crippen LogP contribution in [0.4, 0.5) is 5.69 Å². The van der Waals surface area contributed by atoms with Crippen molar-refractivity contribution in [1.29, 1.82) is 0 Å². The standard InChI is InChI=1S/C23H24N2O5/c1-29-23(28)16-11-13-24(14-12-16)20-15-21(26)25(22(20)27)17-7-9-19(10-8-17)30-18-5-3-2-4-6-18/h2-10,16,20H,11-15H2,1H3/p+1/t20-/m1/s1. The van der Waals surface area contributed by atoms with E-state index >= 15 is 0 Å². The van der Waals surface area contributed by atoms with E-state index in [1.807, 2.05) is 30.3 Å². The number of imide groups is 1. The normalized spacial score (nSPS) is 24.0.